The van der Waals surface area contributed by atoms with Crippen molar-refractivity contribution in [2.24, 2.45) is 0 Å². The van der Waals surface area contributed by atoms with Crippen LogP contribution in [0.2, 0.25) is 6.04 Å². The summed E-state index contributed by atoms with van der Waals surface area (Å²) in [6.07, 6.45) is 7.52. The fourth-order valence-corrected chi connectivity index (χ4v) is 5.78. The van der Waals surface area contributed by atoms with E-state index in [-0.39, 0.29) is 0 Å². The van der Waals surface area contributed by atoms with Gasteiger partial charge in [0.15, 0.2) is 0 Å². The molecule has 0 spiro atoms. The molecule has 1 aromatic carbocycles. The average Bonchev–Trinajstić information content (AvgIpc) is 2.67. The van der Waals surface area contributed by atoms with Gasteiger partial charge in [0.25, 0.3) is 0 Å². The van der Waals surface area contributed by atoms with Crippen LogP contribution < -0.4 is 0 Å². The van der Waals surface area contributed by atoms with Gasteiger partial charge in [-0.05, 0) is 43.7 Å². The van der Waals surface area contributed by atoms with Crippen LogP contribution in [0.5, 0.6) is 0 Å². The Morgan fingerprint density at radius 1 is 0.889 bits per heavy atom. The SMILES string of the molecule is CCCCO[Si](CCc1cccc(C(C)I)c1)(OCCCC)OCCCC. The van der Waals surface area contributed by atoms with E-state index in [4.69, 9.17) is 13.3 Å². The van der Waals surface area contributed by atoms with E-state index in [1.165, 1.54) is 11.1 Å². The minimum absolute atomic E-state index is 0.520. The zero-order valence-electron chi connectivity index (χ0n) is 17.8. The fraction of sp³-hybridized carbons (Fsp3) is 0.727. The monoisotopic (exact) mass is 506 g/mol. The zero-order chi connectivity index (χ0) is 20.0. The molecular weight excluding hydrogens is 467 g/mol. The highest BCUT2D eigenvalue weighted by Crippen LogP contribution is 2.25. The summed E-state index contributed by atoms with van der Waals surface area (Å²) >= 11 is 2.47. The molecular formula is C22H39IO3Si. The van der Waals surface area contributed by atoms with Crippen LogP contribution in [0.3, 0.4) is 0 Å². The summed E-state index contributed by atoms with van der Waals surface area (Å²) in [6, 6.07) is 9.77. The van der Waals surface area contributed by atoms with Crippen LogP contribution in [0.1, 0.15) is 81.3 Å². The van der Waals surface area contributed by atoms with Gasteiger partial charge in [-0.25, -0.2) is 0 Å². The summed E-state index contributed by atoms with van der Waals surface area (Å²) in [4.78, 5) is 0. The number of aryl methyl sites for hydroxylation is 1. The maximum Gasteiger partial charge on any atom is 0.501 e. The zero-order valence-corrected chi connectivity index (χ0v) is 20.9. The molecule has 0 fully saturated rings. The molecule has 0 aliphatic rings. The third-order valence-electron chi connectivity index (χ3n) is 4.59. The van der Waals surface area contributed by atoms with Gasteiger partial charge in [-0.1, -0.05) is 86.9 Å². The van der Waals surface area contributed by atoms with E-state index < -0.39 is 8.80 Å². The number of hydrogen-bond acceptors (Lipinski definition) is 3. The molecule has 27 heavy (non-hydrogen) atoms. The molecule has 1 aromatic rings. The molecule has 0 aliphatic carbocycles. The maximum absolute atomic E-state index is 6.36. The van der Waals surface area contributed by atoms with Gasteiger partial charge in [0.1, 0.15) is 0 Å². The number of alkyl halides is 1. The smallest absolute Gasteiger partial charge is 0.373 e. The van der Waals surface area contributed by atoms with E-state index in [0.717, 1.165) is 70.8 Å². The number of rotatable bonds is 16. The standard InChI is InChI=1S/C22H39IO3Si/c1-5-8-15-24-27(25-16-9-6-2,26-17-10-7-3)18-14-21-12-11-13-22(19-21)20(4)23/h11-13,19-20H,5-10,14-18H2,1-4H3. The van der Waals surface area contributed by atoms with Crippen molar-refractivity contribution in [3.63, 3.8) is 0 Å². The van der Waals surface area contributed by atoms with E-state index >= 15 is 0 Å². The highest BCUT2D eigenvalue weighted by atomic mass is 127. The highest BCUT2D eigenvalue weighted by molar-refractivity contribution is 14.1. The summed E-state index contributed by atoms with van der Waals surface area (Å²) < 4.78 is 19.6. The van der Waals surface area contributed by atoms with E-state index in [2.05, 4.69) is 74.6 Å². The lowest BCUT2D eigenvalue weighted by Crippen LogP contribution is -2.47. The molecule has 1 atom stereocenters. The van der Waals surface area contributed by atoms with Crippen molar-refractivity contribution >= 4 is 31.4 Å². The quantitative estimate of drug-likeness (QED) is 0.103. The van der Waals surface area contributed by atoms with Gasteiger partial charge < -0.3 is 13.3 Å². The van der Waals surface area contributed by atoms with Crippen LogP contribution in [0, 0.1) is 0 Å². The van der Waals surface area contributed by atoms with Crippen LogP contribution in [0.15, 0.2) is 24.3 Å². The summed E-state index contributed by atoms with van der Waals surface area (Å²) in [5.74, 6) is 0. The van der Waals surface area contributed by atoms with Gasteiger partial charge in [0.2, 0.25) is 0 Å². The van der Waals surface area contributed by atoms with E-state index in [1.54, 1.807) is 0 Å². The third-order valence-corrected chi connectivity index (χ3v) is 8.10. The van der Waals surface area contributed by atoms with Crippen LogP contribution in [0.25, 0.3) is 0 Å². The number of unbranched alkanes of at least 4 members (excludes halogenated alkanes) is 3. The second-order valence-electron chi connectivity index (χ2n) is 7.15. The molecule has 3 nitrogen and oxygen atoms in total. The number of hydrogen-bond donors (Lipinski definition) is 0. The van der Waals surface area contributed by atoms with Crippen molar-refractivity contribution in [1.82, 2.24) is 0 Å². The van der Waals surface area contributed by atoms with E-state index in [0.29, 0.717) is 3.92 Å². The van der Waals surface area contributed by atoms with Gasteiger partial charge in [0, 0.05) is 29.8 Å². The molecule has 5 heteroatoms. The normalized spacial score (nSPS) is 13.1. The second-order valence-corrected chi connectivity index (χ2v) is 11.8. The molecule has 0 saturated heterocycles. The predicted molar refractivity (Wildman–Crippen MR) is 126 cm³/mol. The molecule has 0 bridgehead atoms. The Labute approximate surface area is 182 Å². The molecule has 0 aliphatic heterocycles. The average molecular weight is 507 g/mol. The largest absolute Gasteiger partial charge is 0.501 e. The maximum atomic E-state index is 6.36. The second kappa shape index (κ2) is 15.0. The topological polar surface area (TPSA) is 27.7 Å². The molecule has 1 rings (SSSR count). The van der Waals surface area contributed by atoms with Gasteiger partial charge in [-0.2, -0.15) is 0 Å². The van der Waals surface area contributed by atoms with Crippen molar-refractivity contribution in [2.75, 3.05) is 19.8 Å². The van der Waals surface area contributed by atoms with Gasteiger partial charge >= 0.3 is 8.80 Å². The summed E-state index contributed by atoms with van der Waals surface area (Å²) in [6.45, 7) is 11.0. The molecule has 0 saturated carbocycles. The van der Waals surface area contributed by atoms with Gasteiger partial charge in [0.05, 0.1) is 0 Å². The Hall–Kier alpha value is 0.0469. The van der Waals surface area contributed by atoms with Gasteiger partial charge in [-0.3, -0.25) is 0 Å². The Morgan fingerprint density at radius 3 is 1.85 bits per heavy atom. The van der Waals surface area contributed by atoms with E-state index in [9.17, 15) is 0 Å². The molecule has 0 amide bonds. The highest BCUT2D eigenvalue weighted by Gasteiger charge is 2.40. The Balaban J connectivity index is 2.84. The first kappa shape index (κ1) is 25.1. The lowest BCUT2D eigenvalue weighted by Gasteiger charge is -2.30. The minimum Gasteiger partial charge on any atom is -0.373 e. The lowest BCUT2D eigenvalue weighted by molar-refractivity contribution is 0.0564. The van der Waals surface area contributed by atoms with Crippen molar-refractivity contribution < 1.29 is 13.3 Å². The Kier molecular flexibility index (Phi) is 13.9. The molecule has 0 aromatic heterocycles. The van der Waals surface area contributed by atoms with Crippen LogP contribution in [-0.2, 0) is 19.7 Å². The van der Waals surface area contributed by atoms with Crippen LogP contribution in [0.4, 0.5) is 0 Å². The minimum atomic E-state index is -2.64. The summed E-state index contributed by atoms with van der Waals surface area (Å²) in [5, 5.41) is 0. The molecule has 0 radical (unpaired) electrons. The first-order chi connectivity index (χ1) is 13.1. The summed E-state index contributed by atoms with van der Waals surface area (Å²) in [5.41, 5.74) is 2.73. The lowest BCUT2D eigenvalue weighted by atomic mass is 10.1. The molecule has 1 unspecified atom stereocenters. The number of halogens is 1. The Bertz CT molecular complexity index is 470. The van der Waals surface area contributed by atoms with Crippen molar-refractivity contribution in [3.05, 3.63) is 35.4 Å². The summed E-state index contributed by atoms with van der Waals surface area (Å²) in [7, 11) is -2.64. The molecule has 0 heterocycles. The van der Waals surface area contributed by atoms with Crippen LogP contribution >= 0.6 is 22.6 Å². The first-order valence-electron chi connectivity index (χ1n) is 10.7. The molecule has 156 valence electrons. The van der Waals surface area contributed by atoms with Gasteiger partial charge in [-0.15, -0.1) is 0 Å². The number of benzene rings is 1. The first-order valence-corrected chi connectivity index (χ1v) is 13.9. The fourth-order valence-electron chi connectivity index (χ4n) is 2.75. The van der Waals surface area contributed by atoms with E-state index in [1.807, 2.05) is 0 Å². The van der Waals surface area contributed by atoms with Crippen molar-refractivity contribution in [1.29, 1.82) is 0 Å². The Morgan fingerprint density at radius 2 is 1.41 bits per heavy atom. The van der Waals surface area contributed by atoms with Crippen LogP contribution in [-0.4, -0.2) is 28.6 Å². The van der Waals surface area contributed by atoms with Crippen molar-refractivity contribution in [3.8, 4) is 0 Å². The van der Waals surface area contributed by atoms with Crippen molar-refractivity contribution in [2.45, 2.75) is 82.6 Å². The predicted octanol–water partition coefficient (Wildman–Crippen LogP) is 7.11. The molecule has 0 N–H and O–H groups in total. The third kappa shape index (κ3) is 10.4.